The first kappa shape index (κ1) is 22.5. The van der Waals surface area contributed by atoms with Crippen LogP contribution in [0.3, 0.4) is 0 Å². The van der Waals surface area contributed by atoms with Gasteiger partial charge in [-0.05, 0) is 47.1 Å². The van der Waals surface area contributed by atoms with Crippen LogP contribution in [0.2, 0.25) is 0 Å². The van der Waals surface area contributed by atoms with Crippen LogP contribution in [0.25, 0.3) is 0 Å². The number of amides is 1. The van der Waals surface area contributed by atoms with Gasteiger partial charge in [0, 0.05) is 6.42 Å². The number of ether oxygens (including phenoxy) is 3. The Morgan fingerprint density at radius 2 is 1.56 bits per heavy atom. The summed E-state index contributed by atoms with van der Waals surface area (Å²) in [6, 6.07) is 7.28. The summed E-state index contributed by atoms with van der Waals surface area (Å²) in [6.45, 7) is 10.3. The molecule has 1 N–H and O–H groups in total. The summed E-state index contributed by atoms with van der Waals surface area (Å²) < 4.78 is 15.4. The number of alkyl carbamates (subject to hydrolysis) is 1. The second-order valence-corrected chi connectivity index (χ2v) is 7.14. The highest BCUT2D eigenvalue weighted by Crippen LogP contribution is 2.21. The van der Waals surface area contributed by atoms with Crippen molar-refractivity contribution < 1.29 is 28.6 Å². The van der Waals surface area contributed by atoms with Gasteiger partial charge in [0.2, 0.25) is 5.54 Å². The Kier molecular flexibility index (Phi) is 7.82. The lowest BCUT2D eigenvalue weighted by atomic mass is 9.90. The summed E-state index contributed by atoms with van der Waals surface area (Å²) in [7, 11) is 0. The first-order valence-electron chi connectivity index (χ1n) is 8.95. The van der Waals surface area contributed by atoms with Gasteiger partial charge in [0.15, 0.2) is 0 Å². The summed E-state index contributed by atoms with van der Waals surface area (Å²) in [5.74, 6) is -1.79. The van der Waals surface area contributed by atoms with E-state index in [1.54, 1.807) is 46.8 Å². The Hall–Kier alpha value is -2.57. The molecule has 0 aromatic heterocycles. The van der Waals surface area contributed by atoms with Gasteiger partial charge in [-0.1, -0.05) is 29.8 Å². The molecule has 0 fully saturated rings. The molecule has 7 nitrogen and oxygen atoms in total. The molecular weight excluding hydrogens is 350 g/mol. The van der Waals surface area contributed by atoms with Gasteiger partial charge < -0.3 is 14.2 Å². The highest BCUT2D eigenvalue weighted by Gasteiger charge is 2.51. The zero-order valence-corrected chi connectivity index (χ0v) is 16.9. The van der Waals surface area contributed by atoms with Gasteiger partial charge in [0.25, 0.3) is 0 Å². The Bertz CT molecular complexity index is 659. The van der Waals surface area contributed by atoms with Gasteiger partial charge >= 0.3 is 18.0 Å². The van der Waals surface area contributed by atoms with Crippen molar-refractivity contribution in [3.8, 4) is 0 Å². The Labute approximate surface area is 160 Å². The van der Waals surface area contributed by atoms with Gasteiger partial charge in [0.1, 0.15) is 5.60 Å². The standard InChI is InChI=1S/C20H29NO6/c1-7-25-16(22)20(17(23)26-8-2,21-18(24)27-19(4,5)6)13-15-11-9-10-14(3)12-15/h9-12H,7-8,13H2,1-6H3,(H,21,24). The van der Waals surface area contributed by atoms with E-state index in [2.05, 4.69) is 5.32 Å². The second-order valence-electron chi connectivity index (χ2n) is 7.14. The van der Waals surface area contributed by atoms with E-state index < -0.39 is 29.2 Å². The first-order valence-corrected chi connectivity index (χ1v) is 8.95. The maximum atomic E-state index is 12.8. The van der Waals surface area contributed by atoms with Crippen molar-refractivity contribution in [3.05, 3.63) is 35.4 Å². The predicted octanol–water partition coefficient (Wildman–Crippen LogP) is 2.93. The minimum absolute atomic E-state index is 0.0454. The first-order chi connectivity index (χ1) is 12.5. The largest absolute Gasteiger partial charge is 0.464 e. The summed E-state index contributed by atoms with van der Waals surface area (Å²) in [5.41, 5.74) is -1.22. The molecule has 0 unspecified atom stereocenters. The van der Waals surface area contributed by atoms with Gasteiger partial charge in [-0.25, -0.2) is 14.4 Å². The number of aryl methyl sites for hydroxylation is 1. The van der Waals surface area contributed by atoms with Gasteiger partial charge in [-0.3, -0.25) is 5.32 Å². The average Bonchev–Trinajstić information content (AvgIpc) is 2.52. The fourth-order valence-corrected chi connectivity index (χ4v) is 2.49. The van der Waals surface area contributed by atoms with E-state index in [4.69, 9.17) is 14.2 Å². The maximum Gasteiger partial charge on any atom is 0.409 e. The molecule has 1 aromatic rings. The van der Waals surface area contributed by atoms with E-state index in [-0.39, 0.29) is 19.6 Å². The zero-order valence-electron chi connectivity index (χ0n) is 16.9. The lowest BCUT2D eigenvalue weighted by molar-refractivity contribution is -0.166. The molecule has 0 aliphatic heterocycles. The van der Waals surface area contributed by atoms with Crippen LogP contribution in [-0.4, -0.2) is 42.4 Å². The molecule has 1 rings (SSSR count). The molecule has 0 saturated heterocycles. The smallest absolute Gasteiger partial charge is 0.409 e. The Morgan fingerprint density at radius 1 is 1.00 bits per heavy atom. The minimum Gasteiger partial charge on any atom is -0.464 e. The highest BCUT2D eigenvalue weighted by molar-refractivity contribution is 6.07. The topological polar surface area (TPSA) is 90.9 Å². The third-order valence-electron chi connectivity index (χ3n) is 3.51. The van der Waals surface area contributed by atoms with Crippen LogP contribution < -0.4 is 5.32 Å². The van der Waals surface area contributed by atoms with Crippen LogP contribution in [0.4, 0.5) is 4.79 Å². The van der Waals surface area contributed by atoms with E-state index in [0.29, 0.717) is 5.56 Å². The van der Waals surface area contributed by atoms with Gasteiger partial charge in [-0.2, -0.15) is 0 Å². The molecule has 0 heterocycles. The van der Waals surface area contributed by atoms with Crippen molar-refractivity contribution in [3.63, 3.8) is 0 Å². The number of hydrogen-bond donors (Lipinski definition) is 1. The van der Waals surface area contributed by atoms with Gasteiger partial charge in [-0.15, -0.1) is 0 Å². The van der Waals surface area contributed by atoms with Crippen molar-refractivity contribution in [1.82, 2.24) is 5.32 Å². The molecule has 7 heteroatoms. The fraction of sp³-hybridized carbons (Fsp3) is 0.550. The van der Waals surface area contributed by atoms with Crippen molar-refractivity contribution in [2.45, 2.75) is 59.1 Å². The number of rotatable bonds is 7. The van der Waals surface area contributed by atoms with E-state index in [9.17, 15) is 14.4 Å². The Balaban J connectivity index is 3.36. The highest BCUT2D eigenvalue weighted by atomic mass is 16.6. The maximum absolute atomic E-state index is 12.8. The summed E-state index contributed by atoms with van der Waals surface area (Å²) in [6.07, 6.45) is -1.03. The molecule has 0 saturated carbocycles. The number of hydrogen-bond acceptors (Lipinski definition) is 6. The molecule has 1 amide bonds. The number of esters is 2. The molecule has 0 aliphatic carbocycles. The molecule has 0 spiro atoms. The van der Waals surface area contributed by atoms with Crippen LogP contribution in [-0.2, 0) is 30.2 Å². The lowest BCUT2D eigenvalue weighted by Crippen LogP contribution is -2.63. The van der Waals surface area contributed by atoms with Crippen LogP contribution in [0.1, 0.15) is 45.7 Å². The second kappa shape index (κ2) is 9.39. The SMILES string of the molecule is CCOC(=O)C(Cc1cccc(C)c1)(NC(=O)OC(C)(C)C)C(=O)OCC. The molecule has 150 valence electrons. The van der Waals surface area contributed by atoms with Crippen LogP contribution in [0.15, 0.2) is 24.3 Å². The number of nitrogens with one attached hydrogen (secondary N) is 1. The number of carbonyl (C=O) groups is 3. The third-order valence-corrected chi connectivity index (χ3v) is 3.51. The van der Waals surface area contributed by atoms with Crippen molar-refractivity contribution in [2.75, 3.05) is 13.2 Å². The third kappa shape index (κ3) is 6.58. The number of benzene rings is 1. The average molecular weight is 379 g/mol. The predicted molar refractivity (Wildman–Crippen MR) is 100 cm³/mol. The summed E-state index contributed by atoms with van der Waals surface area (Å²) >= 11 is 0. The summed E-state index contributed by atoms with van der Waals surface area (Å²) in [5, 5.41) is 2.41. The van der Waals surface area contributed by atoms with E-state index in [1.807, 2.05) is 19.1 Å². The molecular formula is C20H29NO6. The molecule has 0 aliphatic rings. The van der Waals surface area contributed by atoms with Crippen LogP contribution >= 0.6 is 0 Å². The summed E-state index contributed by atoms with van der Waals surface area (Å²) in [4.78, 5) is 38.0. The molecule has 1 aromatic carbocycles. The molecule has 27 heavy (non-hydrogen) atoms. The van der Waals surface area contributed by atoms with Gasteiger partial charge in [0.05, 0.1) is 13.2 Å². The van der Waals surface area contributed by atoms with E-state index in [1.165, 1.54) is 0 Å². The van der Waals surface area contributed by atoms with E-state index in [0.717, 1.165) is 5.56 Å². The fourth-order valence-electron chi connectivity index (χ4n) is 2.49. The van der Waals surface area contributed by atoms with Crippen molar-refractivity contribution in [2.24, 2.45) is 0 Å². The van der Waals surface area contributed by atoms with Crippen LogP contribution in [0, 0.1) is 6.92 Å². The quantitative estimate of drug-likeness (QED) is 0.445. The van der Waals surface area contributed by atoms with Crippen molar-refractivity contribution in [1.29, 1.82) is 0 Å². The number of carbonyl (C=O) groups excluding carboxylic acids is 3. The molecule has 0 bridgehead atoms. The minimum atomic E-state index is -2.04. The van der Waals surface area contributed by atoms with Crippen LogP contribution in [0.5, 0.6) is 0 Å². The normalized spacial score (nSPS) is 11.5. The molecule has 0 radical (unpaired) electrons. The zero-order chi connectivity index (χ0) is 20.7. The van der Waals surface area contributed by atoms with E-state index >= 15 is 0 Å². The lowest BCUT2D eigenvalue weighted by Gasteiger charge is -2.31. The monoisotopic (exact) mass is 379 g/mol. The molecule has 0 atom stereocenters. The Morgan fingerprint density at radius 3 is 2.00 bits per heavy atom. The van der Waals surface area contributed by atoms with Crippen molar-refractivity contribution >= 4 is 18.0 Å².